The van der Waals surface area contributed by atoms with E-state index in [0.717, 1.165) is 41.9 Å². The molecule has 1 atom stereocenters. The molecule has 0 amide bonds. The molecule has 19 heavy (non-hydrogen) atoms. The second-order valence-electron chi connectivity index (χ2n) is 5.83. The Morgan fingerprint density at radius 3 is 2.58 bits per heavy atom. The maximum atomic E-state index is 6.15. The molecule has 2 fully saturated rings. The molecule has 2 aliphatic heterocycles. The average molecular weight is 324 g/mol. The summed E-state index contributed by atoms with van der Waals surface area (Å²) in [5.74, 6) is 2.08. The predicted octanol–water partition coefficient (Wildman–Crippen LogP) is 3.57. The van der Waals surface area contributed by atoms with Gasteiger partial charge in [0.05, 0.1) is 0 Å². The van der Waals surface area contributed by atoms with Crippen LogP contribution in [0, 0.1) is 0 Å². The first kappa shape index (κ1) is 12.0. The molecule has 1 aromatic rings. The van der Waals surface area contributed by atoms with Gasteiger partial charge in [0.15, 0.2) is 11.5 Å². The summed E-state index contributed by atoms with van der Waals surface area (Å²) in [6, 6.07) is 4.28. The molecule has 1 spiro atoms. The number of hydrogen-bond acceptors (Lipinski definition) is 3. The third-order valence-electron chi connectivity index (χ3n) is 4.52. The van der Waals surface area contributed by atoms with Crippen molar-refractivity contribution in [1.82, 2.24) is 5.32 Å². The van der Waals surface area contributed by atoms with Crippen LogP contribution in [0.25, 0.3) is 0 Å². The number of fused-ring (bicyclic) bond motifs is 1. The lowest BCUT2D eigenvalue weighted by molar-refractivity contribution is -0.0716. The van der Waals surface area contributed by atoms with Crippen LogP contribution in [0.15, 0.2) is 16.6 Å². The lowest BCUT2D eigenvalue weighted by atomic mass is 9.98. The summed E-state index contributed by atoms with van der Waals surface area (Å²) in [5, 5.41) is 3.42. The molecule has 2 heterocycles. The molecule has 3 nitrogen and oxygen atoms in total. The standard InChI is InChI=1S/C15H18BrNO2/c16-12-8-14-13(7-11(12)10-3-6-17-9-10)18-15(19-14)4-1-2-5-15/h7-8,10,17H,1-6,9H2. The molecule has 1 saturated heterocycles. The second-order valence-corrected chi connectivity index (χ2v) is 6.69. The second kappa shape index (κ2) is 4.38. The van der Waals surface area contributed by atoms with Gasteiger partial charge in [-0.2, -0.15) is 0 Å². The summed E-state index contributed by atoms with van der Waals surface area (Å²) in [4.78, 5) is 0. The number of ether oxygens (including phenoxy) is 2. The van der Waals surface area contributed by atoms with Crippen molar-refractivity contribution in [3.05, 3.63) is 22.2 Å². The summed E-state index contributed by atoms with van der Waals surface area (Å²) in [7, 11) is 0. The Hall–Kier alpha value is -0.740. The lowest BCUT2D eigenvalue weighted by Crippen LogP contribution is -2.34. The highest BCUT2D eigenvalue weighted by Crippen LogP contribution is 2.49. The molecule has 102 valence electrons. The first-order valence-corrected chi connectivity index (χ1v) is 7.97. The Morgan fingerprint density at radius 1 is 1.16 bits per heavy atom. The van der Waals surface area contributed by atoms with Gasteiger partial charge in [-0.15, -0.1) is 0 Å². The van der Waals surface area contributed by atoms with E-state index in [0.29, 0.717) is 5.92 Å². The van der Waals surface area contributed by atoms with Crippen molar-refractivity contribution in [2.75, 3.05) is 13.1 Å². The summed E-state index contributed by atoms with van der Waals surface area (Å²) >= 11 is 3.69. The van der Waals surface area contributed by atoms with Crippen LogP contribution in [0.2, 0.25) is 0 Å². The third kappa shape index (κ3) is 1.96. The van der Waals surface area contributed by atoms with E-state index in [4.69, 9.17) is 9.47 Å². The third-order valence-corrected chi connectivity index (χ3v) is 5.21. The Labute approximate surface area is 121 Å². The van der Waals surface area contributed by atoms with Crippen molar-refractivity contribution >= 4 is 15.9 Å². The van der Waals surface area contributed by atoms with Crippen molar-refractivity contribution in [2.45, 2.75) is 43.8 Å². The highest BCUT2D eigenvalue weighted by atomic mass is 79.9. The molecular weight excluding hydrogens is 306 g/mol. The smallest absolute Gasteiger partial charge is 0.251 e. The van der Waals surface area contributed by atoms with Gasteiger partial charge < -0.3 is 14.8 Å². The van der Waals surface area contributed by atoms with Crippen molar-refractivity contribution in [1.29, 1.82) is 0 Å². The molecule has 0 aromatic heterocycles. The summed E-state index contributed by atoms with van der Waals surface area (Å²) < 4.78 is 13.4. The van der Waals surface area contributed by atoms with E-state index in [2.05, 4.69) is 33.4 Å². The summed E-state index contributed by atoms with van der Waals surface area (Å²) in [6.45, 7) is 2.17. The van der Waals surface area contributed by atoms with Gasteiger partial charge in [0, 0.05) is 23.9 Å². The Kier molecular flexibility index (Phi) is 2.78. The topological polar surface area (TPSA) is 30.5 Å². The Bertz CT molecular complexity index is 505. The van der Waals surface area contributed by atoms with Crippen LogP contribution >= 0.6 is 15.9 Å². The van der Waals surface area contributed by atoms with Gasteiger partial charge in [0.2, 0.25) is 0 Å². The van der Waals surface area contributed by atoms with Gasteiger partial charge in [-0.25, -0.2) is 0 Å². The van der Waals surface area contributed by atoms with Crippen molar-refractivity contribution in [2.24, 2.45) is 0 Å². The van der Waals surface area contributed by atoms with Gasteiger partial charge in [0.25, 0.3) is 5.79 Å². The van der Waals surface area contributed by atoms with E-state index in [1.54, 1.807) is 0 Å². The van der Waals surface area contributed by atoms with E-state index in [9.17, 15) is 0 Å². The molecule has 1 aromatic carbocycles. The summed E-state index contributed by atoms with van der Waals surface area (Å²) in [6.07, 6.45) is 5.63. The van der Waals surface area contributed by atoms with Gasteiger partial charge in [-0.3, -0.25) is 0 Å². The number of rotatable bonds is 1. The lowest BCUT2D eigenvalue weighted by Gasteiger charge is -2.21. The minimum atomic E-state index is -0.353. The van der Waals surface area contributed by atoms with Crippen LogP contribution in [0.1, 0.15) is 43.6 Å². The molecular formula is C15H18BrNO2. The minimum Gasteiger partial charge on any atom is -0.448 e. The molecule has 0 bridgehead atoms. The quantitative estimate of drug-likeness (QED) is 0.857. The zero-order valence-electron chi connectivity index (χ0n) is 10.9. The van der Waals surface area contributed by atoms with Crippen LogP contribution in [0.4, 0.5) is 0 Å². The van der Waals surface area contributed by atoms with E-state index in [1.807, 2.05) is 0 Å². The molecule has 1 aliphatic carbocycles. The number of halogens is 1. The first-order valence-electron chi connectivity index (χ1n) is 7.18. The molecule has 0 radical (unpaired) electrons. The van der Waals surface area contributed by atoms with Crippen molar-refractivity contribution < 1.29 is 9.47 Å². The molecule has 1 saturated carbocycles. The fourth-order valence-electron chi connectivity index (χ4n) is 3.48. The van der Waals surface area contributed by atoms with Gasteiger partial charge >= 0.3 is 0 Å². The van der Waals surface area contributed by atoms with E-state index in [-0.39, 0.29) is 5.79 Å². The highest BCUT2D eigenvalue weighted by Gasteiger charge is 2.44. The largest absolute Gasteiger partial charge is 0.448 e. The van der Waals surface area contributed by atoms with E-state index in [1.165, 1.54) is 24.8 Å². The Balaban J connectivity index is 1.68. The highest BCUT2D eigenvalue weighted by molar-refractivity contribution is 9.10. The van der Waals surface area contributed by atoms with E-state index >= 15 is 0 Å². The Morgan fingerprint density at radius 2 is 1.89 bits per heavy atom. The zero-order valence-corrected chi connectivity index (χ0v) is 12.5. The van der Waals surface area contributed by atoms with Gasteiger partial charge in [-0.1, -0.05) is 15.9 Å². The van der Waals surface area contributed by atoms with Gasteiger partial charge in [0.1, 0.15) is 0 Å². The zero-order chi connectivity index (χ0) is 12.9. The number of nitrogens with one attached hydrogen (secondary N) is 1. The van der Waals surface area contributed by atoms with E-state index < -0.39 is 0 Å². The monoisotopic (exact) mass is 323 g/mol. The normalized spacial score (nSPS) is 27.3. The molecule has 4 heteroatoms. The molecule has 1 N–H and O–H groups in total. The van der Waals surface area contributed by atoms with Crippen LogP contribution in [0.3, 0.4) is 0 Å². The predicted molar refractivity (Wildman–Crippen MR) is 76.8 cm³/mol. The molecule has 3 aliphatic rings. The van der Waals surface area contributed by atoms with Crippen LogP contribution in [-0.4, -0.2) is 18.9 Å². The maximum absolute atomic E-state index is 6.15. The molecule has 4 rings (SSSR count). The number of benzene rings is 1. The maximum Gasteiger partial charge on any atom is 0.251 e. The summed E-state index contributed by atoms with van der Waals surface area (Å²) in [5.41, 5.74) is 1.35. The first-order chi connectivity index (χ1) is 9.26. The fraction of sp³-hybridized carbons (Fsp3) is 0.600. The average Bonchev–Trinajstić information content (AvgIpc) is 3.10. The fourth-order valence-corrected chi connectivity index (χ4v) is 4.13. The van der Waals surface area contributed by atoms with Crippen LogP contribution < -0.4 is 14.8 Å². The van der Waals surface area contributed by atoms with Crippen LogP contribution in [0.5, 0.6) is 11.5 Å². The number of hydrogen-bond donors (Lipinski definition) is 1. The minimum absolute atomic E-state index is 0.353. The van der Waals surface area contributed by atoms with Crippen molar-refractivity contribution in [3.63, 3.8) is 0 Å². The van der Waals surface area contributed by atoms with Crippen LogP contribution in [-0.2, 0) is 0 Å². The SMILES string of the molecule is Brc1cc2c(cc1C1CCNC1)OC1(CCCC1)O2. The van der Waals surface area contributed by atoms with Crippen molar-refractivity contribution in [3.8, 4) is 11.5 Å². The molecule has 1 unspecified atom stereocenters. The van der Waals surface area contributed by atoms with Gasteiger partial charge in [-0.05, 0) is 49.4 Å².